The third kappa shape index (κ3) is 3.00. The van der Waals surface area contributed by atoms with E-state index < -0.39 is 0 Å². The van der Waals surface area contributed by atoms with E-state index in [0.29, 0.717) is 20.1 Å². The number of rotatable bonds is 2. The predicted molar refractivity (Wildman–Crippen MR) is 91.3 cm³/mol. The van der Waals surface area contributed by atoms with Gasteiger partial charge in [0.05, 0.1) is 9.93 Å². The van der Waals surface area contributed by atoms with E-state index in [0.717, 1.165) is 5.56 Å². The molecule has 2 aromatic rings. The number of carbonyl (C=O) groups excluding carboxylic acids is 1. The first-order valence-electron chi connectivity index (χ1n) is 6.10. The Kier molecular flexibility index (Phi) is 4.05. The van der Waals surface area contributed by atoms with E-state index in [4.69, 9.17) is 23.8 Å². The monoisotopic (exact) mass is 332 g/mol. The van der Waals surface area contributed by atoms with Crippen molar-refractivity contribution >= 4 is 57.7 Å². The molecular formula is C15H9ClN2OS2. The molecule has 0 spiro atoms. The molecule has 1 aromatic carbocycles. The van der Waals surface area contributed by atoms with Crippen LogP contribution in [0.25, 0.3) is 6.08 Å². The maximum atomic E-state index is 12.5. The minimum atomic E-state index is -0.163. The van der Waals surface area contributed by atoms with Crippen LogP contribution in [0.4, 0.5) is 5.82 Å². The Morgan fingerprint density at radius 1 is 1.19 bits per heavy atom. The van der Waals surface area contributed by atoms with E-state index in [1.807, 2.05) is 36.4 Å². The first-order chi connectivity index (χ1) is 10.1. The first kappa shape index (κ1) is 14.3. The molecule has 1 aromatic heterocycles. The summed E-state index contributed by atoms with van der Waals surface area (Å²) < 4.78 is 0.469. The molecule has 1 fully saturated rings. The molecule has 1 saturated heterocycles. The van der Waals surface area contributed by atoms with Crippen LogP contribution in [-0.2, 0) is 4.79 Å². The third-order valence-corrected chi connectivity index (χ3v) is 4.36. The fourth-order valence-corrected chi connectivity index (χ4v) is 3.25. The van der Waals surface area contributed by atoms with Crippen molar-refractivity contribution in [3.8, 4) is 0 Å². The number of thiocarbonyl (C=S) groups is 1. The quantitative estimate of drug-likeness (QED) is 0.611. The number of pyridine rings is 1. The average molecular weight is 333 g/mol. The smallest absolute Gasteiger partial charge is 0.268 e. The van der Waals surface area contributed by atoms with Crippen molar-refractivity contribution in [1.29, 1.82) is 0 Å². The van der Waals surface area contributed by atoms with Crippen LogP contribution >= 0.6 is 35.6 Å². The van der Waals surface area contributed by atoms with Crippen molar-refractivity contribution in [3.63, 3.8) is 0 Å². The summed E-state index contributed by atoms with van der Waals surface area (Å²) in [5, 5.41) is 0.518. The lowest BCUT2D eigenvalue weighted by molar-refractivity contribution is -0.113. The van der Waals surface area contributed by atoms with E-state index in [1.54, 1.807) is 12.1 Å². The van der Waals surface area contributed by atoms with Crippen molar-refractivity contribution in [2.24, 2.45) is 0 Å². The van der Waals surface area contributed by atoms with Crippen molar-refractivity contribution in [2.45, 2.75) is 0 Å². The van der Waals surface area contributed by atoms with Gasteiger partial charge < -0.3 is 0 Å². The zero-order chi connectivity index (χ0) is 14.8. The molecule has 0 atom stereocenters. The Balaban J connectivity index is 1.92. The number of hydrogen-bond acceptors (Lipinski definition) is 4. The molecule has 3 nitrogen and oxygen atoms in total. The van der Waals surface area contributed by atoms with E-state index in [1.165, 1.54) is 22.9 Å². The molecule has 1 aliphatic heterocycles. The summed E-state index contributed by atoms with van der Waals surface area (Å²) in [6.45, 7) is 0. The van der Waals surface area contributed by atoms with Crippen LogP contribution in [0.3, 0.4) is 0 Å². The zero-order valence-electron chi connectivity index (χ0n) is 10.7. The summed E-state index contributed by atoms with van der Waals surface area (Å²) in [6.07, 6.45) is 3.32. The van der Waals surface area contributed by atoms with Gasteiger partial charge >= 0.3 is 0 Å². The van der Waals surface area contributed by atoms with Gasteiger partial charge in [-0.3, -0.25) is 4.79 Å². The van der Waals surface area contributed by atoms with Gasteiger partial charge in [-0.1, -0.05) is 65.9 Å². The van der Waals surface area contributed by atoms with E-state index >= 15 is 0 Å². The largest absolute Gasteiger partial charge is 0.271 e. The number of hydrogen-bond donors (Lipinski definition) is 0. The van der Waals surface area contributed by atoms with Gasteiger partial charge in [0, 0.05) is 6.20 Å². The fourth-order valence-electron chi connectivity index (χ4n) is 1.87. The summed E-state index contributed by atoms with van der Waals surface area (Å²) in [5.41, 5.74) is 0.960. The Morgan fingerprint density at radius 3 is 2.62 bits per heavy atom. The van der Waals surface area contributed by atoms with E-state index in [9.17, 15) is 4.79 Å². The molecule has 0 radical (unpaired) electrons. The lowest BCUT2D eigenvalue weighted by Crippen LogP contribution is -2.28. The van der Waals surface area contributed by atoms with Gasteiger partial charge in [-0.25, -0.2) is 9.88 Å². The number of aromatic nitrogens is 1. The highest BCUT2D eigenvalue weighted by Crippen LogP contribution is 2.35. The van der Waals surface area contributed by atoms with E-state index in [2.05, 4.69) is 4.98 Å². The Labute approximate surface area is 136 Å². The number of carbonyl (C=O) groups is 1. The standard InChI is InChI=1S/C15H9ClN2OS2/c16-11-6-7-13(17-9-11)18-14(19)12(21-15(18)20)8-10-4-2-1-3-5-10/h1-9H/b12-8-. The minimum absolute atomic E-state index is 0.163. The predicted octanol–water partition coefficient (Wildman–Crippen LogP) is 4.14. The topological polar surface area (TPSA) is 33.2 Å². The summed E-state index contributed by atoms with van der Waals surface area (Å²) in [6, 6.07) is 13.0. The number of thioether (sulfide) groups is 1. The third-order valence-electron chi connectivity index (χ3n) is 2.83. The van der Waals surface area contributed by atoms with Gasteiger partial charge in [0.1, 0.15) is 5.82 Å². The molecule has 1 aliphatic rings. The van der Waals surface area contributed by atoms with Gasteiger partial charge in [-0.05, 0) is 23.8 Å². The van der Waals surface area contributed by atoms with Crippen LogP contribution in [0.1, 0.15) is 5.56 Å². The van der Waals surface area contributed by atoms with Crippen LogP contribution in [0.15, 0.2) is 53.6 Å². The Bertz CT molecular complexity index is 729. The fraction of sp³-hybridized carbons (Fsp3) is 0. The molecule has 0 bridgehead atoms. The number of halogens is 1. The van der Waals surface area contributed by atoms with Crippen LogP contribution in [-0.4, -0.2) is 15.2 Å². The molecule has 0 saturated carbocycles. The number of amides is 1. The van der Waals surface area contributed by atoms with Gasteiger partial charge in [-0.2, -0.15) is 0 Å². The Hall–Kier alpha value is -1.69. The lowest BCUT2D eigenvalue weighted by Gasteiger charge is -2.12. The molecule has 21 heavy (non-hydrogen) atoms. The highest BCUT2D eigenvalue weighted by atomic mass is 35.5. The first-order valence-corrected chi connectivity index (χ1v) is 7.70. The van der Waals surface area contributed by atoms with Crippen molar-refractivity contribution < 1.29 is 4.79 Å². The lowest BCUT2D eigenvalue weighted by atomic mass is 10.2. The molecule has 0 unspecified atom stereocenters. The second kappa shape index (κ2) is 5.97. The molecule has 1 amide bonds. The van der Waals surface area contributed by atoms with Gasteiger partial charge in [0.2, 0.25) is 0 Å². The highest BCUT2D eigenvalue weighted by molar-refractivity contribution is 8.27. The van der Waals surface area contributed by atoms with Gasteiger partial charge in [0.15, 0.2) is 4.32 Å². The van der Waals surface area contributed by atoms with Crippen LogP contribution in [0.2, 0.25) is 5.02 Å². The average Bonchev–Trinajstić information content (AvgIpc) is 2.76. The maximum absolute atomic E-state index is 12.5. The molecule has 0 aliphatic carbocycles. The summed E-state index contributed by atoms with van der Waals surface area (Å²) in [4.78, 5) is 18.6. The van der Waals surface area contributed by atoms with Crippen LogP contribution in [0.5, 0.6) is 0 Å². The second-order valence-corrected chi connectivity index (χ2v) is 6.37. The summed E-state index contributed by atoms with van der Waals surface area (Å²) >= 11 is 12.4. The van der Waals surface area contributed by atoms with Crippen molar-refractivity contribution in [2.75, 3.05) is 4.90 Å². The molecule has 2 heterocycles. The van der Waals surface area contributed by atoms with E-state index in [-0.39, 0.29) is 5.91 Å². The van der Waals surface area contributed by atoms with Crippen LogP contribution < -0.4 is 4.90 Å². The van der Waals surface area contributed by atoms with Crippen LogP contribution in [0, 0.1) is 0 Å². The molecule has 104 valence electrons. The number of anilines is 1. The molecule has 0 N–H and O–H groups in total. The highest BCUT2D eigenvalue weighted by Gasteiger charge is 2.33. The minimum Gasteiger partial charge on any atom is -0.268 e. The maximum Gasteiger partial charge on any atom is 0.271 e. The number of nitrogens with zero attached hydrogens (tertiary/aromatic N) is 2. The van der Waals surface area contributed by atoms with Crippen molar-refractivity contribution in [3.05, 3.63) is 64.2 Å². The molecular weight excluding hydrogens is 324 g/mol. The number of benzene rings is 1. The molecule has 6 heteroatoms. The normalized spacial score (nSPS) is 16.8. The Morgan fingerprint density at radius 2 is 1.95 bits per heavy atom. The second-order valence-electron chi connectivity index (χ2n) is 4.26. The van der Waals surface area contributed by atoms with Crippen molar-refractivity contribution in [1.82, 2.24) is 4.98 Å². The molecule has 3 rings (SSSR count). The summed E-state index contributed by atoms with van der Waals surface area (Å²) in [7, 11) is 0. The zero-order valence-corrected chi connectivity index (χ0v) is 13.1. The SMILES string of the molecule is O=C1/C(=C/c2ccccc2)SC(=S)N1c1ccc(Cl)cn1. The van der Waals surface area contributed by atoms with Gasteiger partial charge in [-0.15, -0.1) is 0 Å². The summed E-state index contributed by atoms with van der Waals surface area (Å²) in [5.74, 6) is 0.321. The van der Waals surface area contributed by atoms with Gasteiger partial charge in [0.25, 0.3) is 5.91 Å².